The van der Waals surface area contributed by atoms with Crippen LogP contribution in [0.3, 0.4) is 0 Å². The molecule has 3 rings (SSSR count). The molecule has 3 aromatic carbocycles. The first kappa shape index (κ1) is 34.0. The van der Waals surface area contributed by atoms with Gasteiger partial charge in [-0.1, -0.05) is 18.2 Å². The number of phenols is 1. The Morgan fingerprint density at radius 3 is 2.14 bits per heavy atom. The minimum absolute atomic E-state index is 0.0867. The molecular formula is C29H38N3O9PS. The number of nitrogens with one attached hydrogen (secondary N) is 3. The number of aliphatic hydroxyl groups is 1. The predicted molar refractivity (Wildman–Crippen MR) is 165 cm³/mol. The Bertz CT molecular complexity index is 1540. The zero-order valence-corrected chi connectivity index (χ0v) is 26.4. The van der Waals surface area contributed by atoms with Gasteiger partial charge in [-0.25, -0.2) is 8.42 Å². The zero-order valence-electron chi connectivity index (χ0n) is 24.7. The third kappa shape index (κ3) is 8.79. The molecule has 0 aliphatic carbocycles. The van der Waals surface area contributed by atoms with E-state index in [2.05, 4.69) is 15.4 Å². The lowest BCUT2D eigenvalue weighted by atomic mass is 9.90. The third-order valence-corrected chi connectivity index (χ3v) is 9.23. The van der Waals surface area contributed by atoms with Crippen molar-refractivity contribution in [3.8, 4) is 11.5 Å². The van der Waals surface area contributed by atoms with Crippen LogP contribution in [0.2, 0.25) is 0 Å². The molecule has 2 atom stereocenters. The van der Waals surface area contributed by atoms with Gasteiger partial charge in [-0.3, -0.25) is 19.4 Å². The lowest BCUT2D eigenvalue weighted by molar-refractivity contribution is -0.122. The Labute approximate surface area is 252 Å². The number of hydrogen-bond donors (Lipinski definition) is 5. The molecule has 0 radical (unpaired) electrons. The average molecular weight is 636 g/mol. The van der Waals surface area contributed by atoms with E-state index in [4.69, 9.17) is 13.8 Å². The van der Waals surface area contributed by atoms with Crippen LogP contribution in [0.4, 0.5) is 11.4 Å². The second-order valence-corrected chi connectivity index (χ2v) is 13.5. The summed E-state index contributed by atoms with van der Waals surface area (Å²) >= 11 is 0. The molecule has 0 spiro atoms. The molecule has 3 aromatic rings. The van der Waals surface area contributed by atoms with Crippen LogP contribution in [0.25, 0.3) is 0 Å². The van der Waals surface area contributed by atoms with Crippen molar-refractivity contribution in [2.45, 2.75) is 32.4 Å². The van der Waals surface area contributed by atoms with Gasteiger partial charge < -0.3 is 29.3 Å². The number of anilines is 2. The van der Waals surface area contributed by atoms with Crippen LogP contribution in [0, 0.1) is 0 Å². The van der Waals surface area contributed by atoms with Crippen molar-refractivity contribution >= 4 is 40.2 Å². The summed E-state index contributed by atoms with van der Waals surface area (Å²) in [5, 5.41) is 27.4. The molecule has 0 fully saturated rings. The van der Waals surface area contributed by atoms with Crippen LogP contribution in [0.15, 0.2) is 66.7 Å². The molecule has 0 saturated heterocycles. The highest BCUT2D eigenvalue weighted by atomic mass is 32.2. The van der Waals surface area contributed by atoms with Crippen LogP contribution < -0.4 is 25.4 Å². The Kier molecular flexibility index (Phi) is 11.4. The van der Waals surface area contributed by atoms with E-state index < -0.39 is 35.2 Å². The summed E-state index contributed by atoms with van der Waals surface area (Å²) < 4.78 is 54.7. The van der Waals surface area contributed by atoms with Crippen LogP contribution in [-0.2, 0) is 34.0 Å². The number of amides is 1. The standard InChI is InChI=1S/C29H38N3O9PS/c1-6-40-42(36,41-7-2)24-15-11-22(12-16-24)31-28(35)29(3,21-9-13-23(39-4)14-10-21)30-19-27(34)20-8-17-26(33)25(18-20)32-43(5,37)38/h8-18,27,30,32-34H,6-7,19H2,1-5H3,(H,31,35)/t27-,29-/m0/s1. The number of hydrogen-bond acceptors (Lipinski definition) is 10. The molecule has 0 aliphatic heterocycles. The normalized spacial score (nSPS) is 14.0. The van der Waals surface area contributed by atoms with Crippen molar-refractivity contribution in [2.75, 3.05) is 43.2 Å². The van der Waals surface area contributed by atoms with E-state index in [9.17, 15) is 28.0 Å². The van der Waals surface area contributed by atoms with Crippen molar-refractivity contribution in [2.24, 2.45) is 0 Å². The van der Waals surface area contributed by atoms with Gasteiger partial charge >= 0.3 is 7.60 Å². The highest BCUT2D eigenvalue weighted by Gasteiger charge is 2.36. The van der Waals surface area contributed by atoms with Crippen molar-refractivity contribution in [1.29, 1.82) is 0 Å². The van der Waals surface area contributed by atoms with Gasteiger partial charge in [0.15, 0.2) is 0 Å². The Hall–Kier alpha value is -3.45. The summed E-state index contributed by atoms with van der Waals surface area (Å²) in [6.07, 6.45) is -0.239. The Morgan fingerprint density at radius 1 is 1.00 bits per heavy atom. The van der Waals surface area contributed by atoms with Gasteiger partial charge in [0.25, 0.3) is 0 Å². The van der Waals surface area contributed by atoms with Crippen molar-refractivity contribution < 1.29 is 41.8 Å². The highest BCUT2D eigenvalue weighted by molar-refractivity contribution is 7.92. The molecule has 1 amide bonds. The van der Waals surface area contributed by atoms with Gasteiger partial charge in [-0.2, -0.15) is 0 Å². The van der Waals surface area contributed by atoms with Gasteiger partial charge in [-0.05, 0) is 80.4 Å². The summed E-state index contributed by atoms with van der Waals surface area (Å²) in [5.41, 5.74) is -0.168. The van der Waals surface area contributed by atoms with Crippen LogP contribution in [0.1, 0.15) is 38.0 Å². The summed E-state index contributed by atoms with van der Waals surface area (Å²) in [7, 11) is -5.65. The summed E-state index contributed by atoms with van der Waals surface area (Å²) in [4.78, 5) is 13.8. The number of aromatic hydroxyl groups is 1. The minimum Gasteiger partial charge on any atom is -0.506 e. The minimum atomic E-state index is -3.68. The van der Waals surface area contributed by atoms with Gasteiger partial charge in [0, 0.05) is 12.2 Å². The van der Waals surface area contributed by atoms with E-state index >= 15 is 0 Å². The zero-order chi connectivity index (χ0) is 31.8. The number of rotatable bonds is 15. The van der Waals surface area contributed by atoms with E-state index in [0.717, 1.165) is 6.26 Å². The van der Waals surface area contributed by atoms with E-state index in [0.29, 0.717) is 27.9 Å². The van der Waals surface area contributed by atoms with Crippen LogP contribution in [-0.4, -0.2) is 57.7 Å². The van der Waals surface area contributed by atoms with Crippen LogP contribution >= 0.6 is 7.60 Å². The Morgan fingerprint density at radius 2 is 1.60 bits per heavy atom. The van der Waals surface area contributed by atoms with Crippen molar-refractivity contribution in [3.63, 3.8) is 0 Å². The second-order valence-electron chi connectivity index (χ2n) is 9.74. The number of ether oxygens (including phenoxy) is 1. The smallest absolute Gasteiger partial charge is 0.361 e. The quantitative estimate of drug-likeness (QED) is 0.122. The second kappa shape index (κ2) is 14.3. The number of benzene rings is 3. The van der Waals surface area contributed by atoms with Gasteiger partial charge in [0.05, 0.1) is 43.7 Å². The summed E-state index contributed by atoms with van der Waals surface area (Å²) in [5.74, 6) is -0.174. The first-order chi connectivity index (χ1) is 20.2. The lowest BCUT2D eigenvalue weighted by Crippen LogP contribution is -2.51. The van der Waals surface area contributed by atoms with Crippen LogP contribution in [0.5, 0.6) is 11.5 Å². The third-order valence-electron chi connectivity index (χ3n) is 6.51. The average Bonchev–Trinajstić information content (AvgIpc) is 2.96. The number of carbonyl (C=O) groups is 1. The number of carbonyl (C=O) groups excluding carboxylic acids is 1. The fourth-order valence-corrected chi connectivity index (χ4v) is 6.34. The van der Waals surface area contributed by atoms with Crippen molar-refractivity contribution in [1.82, 2.24) is 5.32 Å². The number of sulfonamides is 1. The largest absolute Gasteiger partial charge is 0.506 e. The molecule has 0 bridgehead atoms. The fraction of sp³-hybridized carbons (Fsp3) is 0.345. The lowest BCUT2D eigenvalue weighted by Gasteiger charge is -2.31. The van der Waals surface area contributed by atoms with E-state index in [1.165, 1.54) is 25.3 Å². The van der Waals surface area contributed by atoms with Gasteiger partial charge in [-0.15, -0.1) is 0 Å². The molecular weight excluding hydrogens is 597 g/mol. The monoisotopic (exact) mass is 635 g/mol. The van der Waals surface area contributed by atoms with E-state index in [1.54, 1.807) is 69.3 Å². The SMILES string of the molecule is CCOP(=O)(OCC)c1ccc(NC(=O)[C@@](C)(NC[C@H](O)c2ccc(O)c(NS(C)(=O)=O)c2)c2ccc(OC)cc2)cc1. The van der Waals surface area contributed by atoms with Crippen molar-refractivity contribution in [3.05, 3.63) is 77.9 Å². The maximum Gasteiger partial charge on any atom is 0.361 e. The molecule has 14 heteroatoms. The van der Waals surface area contributed by atoms with E-state index in [-0.39, 0.29) is 31.2 Å². The molecule has 234 valence electrons. The molecule has 0 aliphatic rings. The molecule has 43 heavy (non-hydrogen) atoms. The molecule has 0 saturated carbocycles. The van der Waals surface area contributed by atoms with Gasteiger partial charge in [0.1, 0.15) is 17.0 Å². The summed E-state index contributed by atoms with van der Waals surface area (Å²) in [6, 6.07) is 17.2. The van der Waals surface area contributed by atoms with Gasteiger partial charge in [0.2, 0.25) is 15.9 Å². The fourth-order valence-electron chi connectivity index (χ4n) is 4.21. The first-order valence-electron chi connectivity index (χ1n) is 13.4. The predicted octanol–water partition coefficient (Wildman–Crippen LogP) is 3.84. The maximum absolute atomic E-state index is 13.8. The topological polar surface area (TPSA) is 173 Å². The summed E-state index contributed by atoms with van der Waals surface area (Å²) in [6.45, 7) is 5.37. The number of phenolic OH excluding ortho intramolecular Hbond substituents is 1. The first-order valence-corrected chi connectivity index (χ1v) is 16.9. The molecule has 0 unspecified atom stereocenters. The number of aliphatic hydroxyl groups excluding tert-OH is 1. The molecule has 12 nitrogen and oxygen atoms in total. The maximum atomic E-state index is 13.8. The van der Waals surface area contributed by atoms with E-state index in [1.807, 2.05) is 0 Å². The highest BCUT2D eigenvalue weighted by Crippen LogP contribution is 2.46. The molecule has 0 aromatic heterocycles. The number of methoxy groups -OCH3 is 1. The molecule has 5 N–H and O–H groups in total. The molecule has 0 heterocycles. The Balaban J connectivity index is 1.87.